The highest BCUT2D eigenvalue weighted by Gasteiger charge is 2.50. The van der Waals surface area contributed by atoms with Gasteiger partial charge in [-0.1, -0.05) is 24.3 Å². The number of carbonyl (C=O) groups excluding carboxylic acids is 2. The van der Waals surface area contributed by atoms with E-state index in [1.54, 1.807) is 44.2 Å². The van der Waals surface area contributed by atoms with E-state index in [-0.39, 0.29) is 19.1 Å². The van der Waals surface area contributed by atoms with Crippen LogP contribution < -0.4 is 5.32 Å². The van der Waals surface area contributed by atoms with Crippen LogP contribution in [0.1, 0.15) is 35.1 Å². The molecular weight excluding hydrogens is 308 g/mol. The number of amides is 3. The van der Waals surface area contributed by atoms with Crippen LogP contribution in [0.3, 0.4) is 0 Å². The van der Waals surface area contributed by atoms with Gasteiger partial charge in [0.1, 0.15) is 17.1 Å². The molecule has 126 valence electrons. The molecule has 2 N–H and O–H groups in total. The summed E-state index contributed by atoms with van der Waals surface area (Å²) in [6.45, 7) is 5.42. The number of nitrogens with one attached hydrogen (secondary N) is 1. The van der Waals surface area contributed by atoms with E-state index in [1.807, 2.05) is 6.92 Å². The zero-order valence-corrected chi connectivity index (χ0v) is 13.9. The Balaban J connectivity index is 1.87. The van der Waals surface area contributed by atoms with E-state index in [0.29, 0.717) is 17.1 Å². The molecule has 1 unspecified atom stereocenters. The summed E-state index contributed by atoms with van der Waals surface area (Å²) in [6.07, 6.45) is 0. The molecule has 2 aromatic rings. The highest BCUT2D eigenvalue weighted by Crippen LogP contribution is 2.33. The van der Waals surface area contributed by atoms with Crippen molar-refractivity contribution >= 4 is 11.9 Å². The lowest BCUT2D eigenvalue weighted by molar-refractivity contribution is -0.131. The third kappa shape index (κ3) is 2.59. The number of carbonyl (C=O) groups is 2. The van der Waals surface area contributed by atoms with Crippen LogP contribution >= 0.6 is 0 Å². The molecule has 0 bridgehead atoms. The van der Waals surface area contributed by atoms with Gasteiger partial charge < -0.3 is 14.8 Å². The van der Waals surface area contributed by atoms with Crippen molar-refractivity contribution in [3.63, 3.8) is 0 Å². The average molecular weight is 328 g/mol. The first kappa shape index (κ1) is 16.3. The van der Waals surface area contributed by atoms with E-state index in [4.69, 9.17) is 9.52 Å². The van der Waals surface area contributed by atoms with E-state index >= 15 is 0 Å². The van der Waals surface area contributed by atoms with Crippen LogP contribution in [0.5, 0.6) is 0 Å². The Hall–Kier alpha value is -2.60. The van der Waals surface area contributed by atoms with Crippen molar-refractivity contribution in [2.75, 3.05) is 0 Å². The summed E-state index contributed by atoms with van der Waals surface area (Å²) in [5.41, 5.74) is 1.16. The van der Waals surface area contributed by atoms with E-state index in [0.717, 1.165) is 11.1 Å². The van der Waals surface area contributed by atoms with Crippen LogP contribution in [-0.4, -0.2) is 21.9 Å². The molecule has 6 heteroatoms. The molecule has 3 rings (SSSR count). The number of hydrogen-bond acceptors (Lipinski definition) is 4. The molecule has 1 atom stereocenters. The minimum absolute atomic E-state index is 0.0411. The molecule has 0 aliphatic carbocycles. The van der Waals surface area contributed by atoms with Crippen LogP contribution in [0.25, 0.3) is 0 Å². The smallest absolute Gasteiger partial charge is 0.325 e. The Kier molecular flexibility index (Phi) is 3.93. The SMILES string of the molecule is Cc1cc(C2(C)NC(=O)N(Cc3ccc(CO)cc3)C2=O)c(C)o1. The summed E-state index contributed by atoms with van der Waals surface area (Å²) in [5.74, 6) is 1.02. The molecule has 1 saturated heterocycles. The molecule has 2 heterocycles. The second-order valence-corrected chi connectivity index (χ2v) is 6.25. The number of aryl methyl sites for hydroxylation is 2. The molecule has 0 radical (unpaired) electrons. The standard InChI is InChI=1S/C18H20N2O4/c1-11-8-15(12(2)24-11)18(3)16(22)20(17(23)19-18)9-13-4-6-14(10-21)7-5-13/h4-8,21H,9-10H2,1-3H3,(H,19,23). The number of aliphatic hydroxyl groups is 1. The molecule has 1 aliphatic heterocycles. The Morgan fingerprint density at radius 2 is 1.79 bits per heavy atom. The second kappa shape index (κ2) is 5.79. The van der Waals surface area contributed by atoms with Gasteiger partial charge in [0.15, 0.2) is 0 Å². The molecule has 1 aromatic heterocycles. The van der Waals surface area contributed by atoms with Crippen LogP contribution in [0.2, 0.25) is 0 Å². The Morgan fingerprint density at radius 3 is 2.33 bits per heavy atom. The van der Waals surface area contributed by atoms with Crippen LogP contribution in [-0.2, 0) is 23.5 Å². The first-order valence-electron chi connectivity index (χ1n) is 7.75. The van der Waals surface area contributed by atoms with Crippen molar-refractivity contribution in [1.29, 1.82) is 0 Å². The van der Waals surface area contributed by atoms with Gasteiger partial charge in [-0.2, -0.15) is 0 Å². The van der Waals surface area contributed by atoms with Crippen LogP contribution in [0, 0.1) is 13.8 Å². The van der Waals surface area contributed by atoms with Gasteiger partial charge in [0, 0.05) is 5.56 Å². The normalized spacial score (nSPS) is 20.6. The molecule has 24 heavy (non-hydrogen) atoms. The number of urea groups is 1. The van der Waals surface area contributed by atoms with Gasteiger partial charge in [0.25, 0.3) is 5.91 Å². The first-order chi connectivity index (χ1) is 11.3. The van der Waals surface area contributed by atoms with Gasteiger partial charge in [-0.3, -0.25) is 9.69 Å². The molecular formula is C18H20N2O4. The number of imide groups is 1. The van der Waals surface area contributed by atoms with Crippen molar-refractivity contribution < 1.29 is 19.1 Å². The van der Waals surface area contributed by atoms with Gasteiger partial charge in [-0.15, -0.1) is 0 Å². The van der Waals surface area contributed by atoms with Crippen molar-refractivity contribution in [1.82, 2.24) is 10.2 Å². The lowest BCUT2D eigenvalue weighted by Crippen LogP contribution is -2.41. The van der Waals surface area contributed by atoms with E-state index in [2.05, 4.69) is 5.32 Å². The number of benzene rings is 1. The number of nitrogens with zero attached hydrogens (tertiary/aromatic N) is 1. The molecule has 0 spiro atoms. The summed E-state index contributed by atoms with van der Waals surface area (Å²) >= 11 is 0. The largest absolute Gasteiger partial charge is 0.466 e. The third-order valence-electron chi connectivity index (χ3n) is 4.40. The lowest BCUT2D eigenvalue weighted by Gasteiger charge is -2.21. The summed E-state index contributed by atoms with van der Waals surface area (Å²) in [5, 5.41) is 11.9. The Labute approximate surface area is 140 Å². The van der Waals surface area contributed by atoms with Crippen LogP contribution in [0.15, 0.2) is 34.7 Å². The van der Waals surface area contributed by atoms with Gasteiger partial charge >= 0.3 is 6.03 Å². The predicted molar refractivity (Wildman–Crippen MR) is 87.0 cm³/mol. The number of rotatable bonds is 4. The fourth-order valence-electron chi connectivity index (χ4n) is 3.08. The number of aliphatic hydroxyl groups excluding tert-OH is 1. The third-order valence-corrected chi connectivity index (χ3v) is 4.40. The van der Waals surface area contributed by atoms with E-state index < -0.39 is 11.6 Å². The maximum absolute atomic E-state index is 12.9. The summed E-state index contributed by atoms with van der Waals surface area (Å²) in [7, 11) is 0. The minimum atomic E-state index is -1.12. The van der Waals surface area contributed by atoms with Crippen molar-refractivity contribution in [2.24, 2.45) is 0 Å². The molecule has 0 saturated carbocycles. The quantitative estimate of drug-likeness (QED) is 0.844. The molecule has 1 fully saturated rings. The Bertz CT molecular complexity index is 794. The fraction of sp³-hybridized carbons (Fsp3) is 0.333. The zero-order chi connectivity index (χ0) is 17.5. The minimum Gasteiger partial charge on any atom is -0.466 e. The average Bonchev–Trinajstić information content (AvgIpc) is 3.00. The van der Waals surface area contributed by atoms with Gasteiger partial charge in [-0.05, 0) is 38.0 Å². The lowest BCUT2D eigenvalue weighted by atomic mass is 9.92. The summed E-state index contributed by atoms with van der Waals surface area (Å²) < 4.78 is 5.51. The van der Waals surface area contributed by atoms with Crippen molar-refractivity contribution in [3.05, 3.63) is 58.5 Å². The molecule has 3 amide bonds. The maximum Gasteiger partial charge on any atom is 0.325 e. The first-order valence-corrected chi connectivity index (χ1v) is 7.75. The molecule has 6 nitrogen and oxygen atoms in total. The highest BCUT2D eigenvalue weighted by atomic mass is 16.3. The monoisotopic (exact) mass is 328 g/mol. The van der Waals surface area contributed by atoms with Gasteiger partial charge in [0.2, 0.25) is 0 Å². The highest BCUT2D eigenvalue weighted by molar-refractivity contribution is 6.07. The summed E-state index contributed by atoms with van der Waals surface area (Å²) in [4.78, 5) is 26.4. The molecule has 1 aromatic carbocycles. The number of hydrogen-bond donors (Lipinski definition) is 2. The Morgan fingerprint density at radius 1 is 1.17 bits per heavy atom. The summed E-state index contributed by atoms with van der Waals surface area (Å²) in [6, 6.07) is 8.51. The zero-order valence-electron chi connectivity index (χ0n) is 13.9. The van der Waals surface area contributed by atoms with Gasteiger partial charge in [-0.25, -0.2) is 4.79 Å². The van der Waals surface area contributed by atoms with Crippen LogP contribution in [0.4, 0.5) is 4.79 Å². The second-order valence-electron chi connectivity index (χ2n) is 6.25. The van der Waals surface area contributed by atoms with E-state index in [1.165, 1.54) is 4.90 Å². The number of furan rings is 1. The fourth-order valence-corrected chi connectivity index (χ4v) is 3.08. The van der Waals surface area contributed by atoms with Crippen molar-refractivity contribution in [3.8, 4) is 0 Å². The topological polar surface area (TPSA) is 82.8 Å². The van der Waals surface area contributed by atoms with Gasteiger partial charge in [0.05, 0.1) is 13.2 Å². The molecule has 1 aliphatic rings. The van der Waals surface area contributed by atoms with E-state index in [9.17, 15) is 9.59 Å². The van der Waals surface area contributed by atoms with Crippen molar-refractivity contribution in [2.45, 2.75) is 39.5 Å². The maximum atomic E-state index is 12.9. The predicted octanol–water partition coefficient (Wildman–Crippen LogP) is 2.36.